The normalized spacial score (nSPS) is 10.5. The van der Waals surface area contributed by atoms with Crippen molar-refractivity contribution in [1.82, 2.24) is 15.2 Å². The number of aromatic nitrogens is 3. The molecule has 2 aromatic rings. The predicted molar refractivity (Wildman–Crippen MR) is 72.8 cm³/mol. The van der Waals surface area contributed by atoms with Crippen LogP contribution in [0.15, 0.2) is 30.5 Å². The highest BCUT2D eigenvalue weighted by atomic mass is 19.1. The number of hydrogen-bond acceptors (Lipinski definition) is 5. The van der Waals surface area contributed by atoms with Gasteiger partial charge in [0.05, 0.1) is 6.20 Å². The summed E-state index contributed by atoms with van der Waals surface area (Å²) < 4.78 is 12.8. The molecular weight excluding hydrogens is 245 g/mol. The molecule has 2 N–H and O–H groups in total. The highest BCUT2D eigenvalue weighted by molar-refractivity contribution is 5.55. The number of hydrogen-bond donors (Lipinski definition) is 2. The number of benzene rings is 1. The van der Waals surface area contributed by atoms with Gasteiger partial charge in [0.25, 0.3) is 0 Å². The van der Waals surface area contributed by atoms with E-state index in [0.29, 0.717) is 17.7 Å². The number of halogens is 1. The van der Waals surface area contributed by atoms with Crippen molar-refractivity contribution in [2.75, 3.05) is 17.2 Å². The zero-order valence-electron chi connectivity index (χ0n) is 10.9. The third-order valence-corrected chi connectivity index (χ3v) is 2.34. The van der Waals surface area contributed by atoms with Crippen molar-refractivity contribution in [3.63, 3.8) is 0 Å². The van der Waals surface area contributed by atoms with Gasteiger partial charge < -0.3 is 10.6 Å². The maximum absolute atomic E-state index is 12.8. The number of nitrogens with zero attached hydrogens (tertiary/aromatic N) is 3. The van der Waals surface area contributed by atoms with Crippen LogP contribution in [0.1, 0.15) is 13.8 Å². The molecule has 0 fully saturated rings. The van der Waals surface area contributed by atoms with Crippen molar-refractivity contribution < 1.29 is 4.39 Å². The minimum atomic E-state index is -0.273. The molecule has 1 aromatic heterocycles. The lowest BCUT2D eigenvalue weighted by molar-refractivity contribution is 0.628. The molecule has 0 saturated heterocycles. The van der Waals surface area contributed by atoms with E-state index < -0.39 is 0 Å². The van der Waals surface area contributed by atoms with Crippen LogP contribution < -0.4 is 10.6 Å². The molecule has 0 amide bonds. The molecule has 0 aliphatic heterocycles. The Labute approximate surface area is 111 Å². The number of rotatable bonds is 5. The predicted octanol–water partition coefficient (Wildman–Crippen LogP) is 2.82. The van der Waals surface area contributed by atoms with E-state index in [4.69, 9.17) is 0 Å². The van der Waals surface area contributed by atoms with Crippen LogP contribution in [0.5, 0.6) is 0 Å². The van der Waals surface area contributed by atoms with Crippen molar-refractivity contribution in [3.05, 3.63) is 36.3 Å². The standard InChI is InChI=1S/C13H16FN5/c1-9(2)7-15-13-18-12(8-16-19-13)17-11-5-3-10(14)4-6-11/h3-6,8-9H,7H2,1-2H3,(H2,15,17,18,19). The van der Waals surface area contributed by atoms with E-state index in [1.54, 1.807) is 12.1 Å². The van der Waals surface area contributed by atoms with Crippen LogP contribution in [-0.4, -0.2) is 21.7 Å². The van der Waals surface area contributed by atoms with E-state index in [1.807, 2.05) is 0 Å². The van der Waals surface area contributed by atoms with Crippen molar-refractivity contribution >= 4 is 17.5 Å². The number of anilines is 3. The Hall–Kier alpha value is -2.24. The van der Waals surface area contributed by atoms with E-state index >= 15 is 0 Å². The van der Waals surface area contributed by atoms with Crippen LogP contribution in [0.2, 0.25) is 0 Å². The van der Waals surface area contributed by atoms with Gasteiger partial charge >= 0.3 is 0 Å². The minimum absolute atomic E-state index is 0.273. The van der Waals surface area contributed by atoms with Crippen LogP contribution in [-0.2, 0) is 0 Å². The Morgan fingerprint density at radius 2 is 1.95 bits per heavy atom. The van der Waals surface area contributed by atoms with Crippen molar-refractivity contribution in [3.8, 4) is 0 Å². The molecule has 100 valence electrons. The van der Waals surface area contributed by atoms with Crippen LogP contribution in [0, 0.1) is 11.7 Å². The Morgan fingerprint density at radius 1 is 1.21 bits per heavy atom. The van der Waals surface area contributed by atoms with E-state index in [9.17, 15) is 4.39 Å². The largest absolute Gasteiger partial charge is 0.353 e. The third-order valence-electron chi connectivity index (χ3n) is 2.34. The summed E-state index contributed by atoms with van der Waals surface area (Å²) in [4.78, 5) is 4.27. The maximum atomic E-state index is 12.8. The van der Waals surface area contributed by atoms with E-state index in [1.165, 1.54) is 18.3 Å². The summed E-state index contributed by atoms with van der Waals surface area (Å²) >= 11 is 0. The van der Waals surface area contributed by atoms with Crippen LogP contribution in [0.4, 0.5) is 21.8 Å². The topological polar surface area (TPSA) is 62.7 Å². The molecule has 0 saturated carbocycles. The van der Waals surface area contributed by atoms with Gasteiger partial charge in [0.1, 0.15) is 5.82 Å². The first-order valence-corrected chi connectivity index (χ1v) is 6.09. The minimum Gasteiger partial charge on any atom is -0.353 e. The Morgan fingerprint density at radius 3 is 2.63 bits per heavy atom. The fourth-order valence-corrected chi connectivity index (χ4v) is 1.42. The second kappa shape index (κ2) is 6.08. The Bertz CT molecular complexity index is 527. The van der Waals surface area contributed by atoms with Gasteiger partial charge in [0, 0.05) is 12.2 Å². The smallest absolute Gasteiger partial charge is 0.244 e. The molecule has 0 spiro atoms. The summed E-state index contributed by atoms with van der Waals surface area (Å²) in [5.41, 5.74) is 0.747. The van der Waals surface area contributed by atoms with Gasteiger partial charge in [-0.3, -0.25) is 0 Å². The lowest BCUT2D eigenvalue weighted by Gasteiger charge is -2.08. The summed E-state index contributed by atoms with van der Waals surface area (Å²) in [6.07, 6.45) is 1.52. The Kier molecular flexibility index (Phi) is 4.22. The first kappa shape index (κ1) is 13.2. The van der Waals surface area contributed by atoms with Crippen molar-refractivity contribution in [2.24, 2.45) is 5.92 Å². The molecular formula is C13H16FN5. The van der Waals surface area contributed by atoms with E-state index in [0.717, 1.165) is 12.2 Å². The Balaban J connectivity index is 2.04. The molecule has 0 radical (unpaired) electrons. The van der Waals surface area contributed by atoms with Crippen molar-refractivity contribution in [1.29, 1.82) is 0 Å². The van der Waals surface area contributed by atoms with Crippen LogP contribution in [0.3, 0.4) is 0 Å². The number of nitrogens with one attached hydrogen (secondary N) is 2. The van der Waals surface area contributed by atoms with Gasteiger partial charge in [-0.1, -0.05) is 13.8 Å². The first-order chi connectivity index (χ1) is 9.13. The maximum Gasteiger partial charge on any atom is 0.244 e. The summed E-state index contributed by atoms with van der Waals surface area (Å²) in [5, 5.41) is 13.9. The zero-order valence-corrected chi connectivity index (χ0v) is 10.9. The summed E-state index contributed by atoms with van der Waals surface area (Å²) in [7, 11) is 0. The fourth-order valence-electron chi connectivity index (χ4n) is 1.42. The second-order valence-electron chi connectivity index (χ2n) is 4.57. The van der Waals surface area contributed by atoms with Gasteiger partial charge in [0.2, 0.25) is 5.95 Å². The van der Waals surface area contributed by atoms with Gasteiger partial charge in [-0.15, -0.1) is 5.10 Å². The lowest BCUT2D eigenvalue weighted by atomic mass is 10.2. The molecule has 2 rings (SSSR count). The zero-order chi connectivity index (χ0) is 13.7. The summed E-state index contributed by atoms with van der Waals surface area (Å²) in [6, 6.07) is 6.04. The summed E-state index contributed by atoms with van der Waals surface area (Å²) in [6.45, 7) is 4.98. The average Bonchev–Trinajstić information content (AvgIpc) is 2.40. The monoisotopic (exact) mass is 261 g/mol. The second-order valence-corrected chi connectivity index (χ2v) is 4.57. The molecule has 0 unspecified atom stereocenters. The van der Waals surface area contributed by atoms with E-state index in [2.05, 4.69) is 39.7 Å². The fraction of sp³-hybridized carbons (Fsp3) is 0.308. The quantitative estimate of drug-likeness (QED) is 0.866. The van der Waals surface area contributed by atoms with Gasteiger partial charge in [-0.25, -0.2) is 4.39 Å². The molecule has 0 aliphatic rings. The highest BCUT2D eigenvalue weighted by Gasteiger charge is 2.02. The van der Waals surface area contributed by atoms with Crippen molar-refractivity contribution in [2.45, 2.75) is 13.8 Å². The van der Waals surface area contributed by atoms with Crippen LogP contribution in [0.25, 0.3) is 0 Å². The van der Waals surface area contributed by atoms with Gasteiger partial charge in [-0.2, -0.15) is 10.1 Å². The molecule has 19 heavy (non-hydrogen) atoms. The van der Waals surface area contributed by atoms with Gasteiger partial charge in [0.15, 0.2) is 5.82 Å². The summed E-state index contributed by atoms with van der Waals surface area (Å²) in [5.74, 6) is 1.26. The molecule has 5 nitrogen and oxygen atoms in total. The first-order valence-electron chi connectivity index (χ1n) is 6.09. The molecule has 1 heterocycles. The molecule has 6 heteroatoms. The molecule has 1 aromatic carbocycles. The van der Waals surface area contributed by atoms with Crippen LogP contribution >= 0.6 is 0 Å². The SMILES string of the molecule is CC(C)CNc1nncc(Nc2ccc(F)cc2)n1. The highest BCUT2D eigenvalue weighted by Crippen LogP contribution is 2.14. The average molecular weight is 261 g/mol. The third kappa shape index (κ3) is 4.17. The molecule has 0 bridgehead atoms. The molecule has 0 aliphatic carbocycles. The lowest BCUT2D eigenvalue weighted by Crippen LogP contribution is -2.11. The molecule has 0 atom stereocenters. The van der Waals surface area contributed by atoms with Gasteiger partial charge in [-0.05, 0) is 30.2 Å². The van der Waals surface area contributed by atoms with E-state index in [-0.39, 0.29) is 5.82 Å².